The number of nitrogens with zero attached hydrogens (tertiary/aromatic N) is 3. The average Bonchev–Trinajstić information content (AvgIpc) is 3.12. The van der Waals surface area contributed by atoms with Gasteiger partial charge in [-0.2, -0.15) is 5.10 Å². The molecule has 3 heterocycles. The molecule has 0 fully saturated rings. The summed E-state index contributed by atoms with van der Waals surface area (Å²) < 4.78 is 24.3. The minimum Gasteiger partial charge on any atom is -0.352 e. The number of nitrogens with two attached hydrogens (primary N) is 1. The standard InChI is InChI=1S/C17H14N6O3S/c18-27(25,26)13-3-1-12(2-4-13)22-14-5-6-15(23-17(14)20-10-21-23)11-7-8-19-16(24)9-11/h1-10,22H,(H,19,24)(H2,18,25,26). The highest BCUT2D eigenvalue weighted by Crippen LogP contribution is 2.26. The normalized spacial score (nSPS) is 11.6. The van der Waals surface area contributed by atoms with Gasteiger partial charge in [-0.3, -0.25) is 4.79 Å². The van der Waals surface area contributed by atoms with Crippen molar-refractivity contribution in [3.05, 3.63) is 71.4 Å². The lowest BCUT2D eigenvalue weighted by atomic mass is 10.1. The van der Waals surface area contributed by atoms with Gasteiger partial charge in [-0.1, -0.05) is 0 Å². The van der Waals surface area contributed by atoms with E-state index in [0.29, 0.717) is 28.3 Å². The fourth-order valence-electron chi connectivity index (χ4n) is 2.71. The third-order valence-corrected chi connectivity index (χ3v) is 4.89. The van der Waals surface area contributed by atoms with Crippen LogP contribution in [0.5, 0.6) is 0 Å². The molecule has 9 nitrogen and oxygen atoms in total. The van der Waals surface area contributed by atoms with E-state index in [-0.39, 0.29) is 10.5 Å². The average molecular weight is 382 g/mol. The van der Waals surface area contributed by atoms with Gasteiger partial charge in [0.1, 0.15) is 6.33 Å². The number of aromatic amines is 1. The van der Waals surface area contributed by atoms with Crippen LogP contribution in [0.25, 0.3) is 16.9 Å². The van der Waals surface area contributed by atoms with Crippen LogP contribution in [0.3, 0.4) is 0 Å². The maximum atomic E-state index is 11.6. The summed E-state index contributed by atoms with van der Waals surface area (Å²) in [5.74, 6) is 0. The Balaban J connectivity index is 1.73. The minimum atomic E-state index is -3.74. The van der Waals surface area contributed by atoms with Crippen LogP contribution in [-0.4, -0.2) is 28.0 Å². The van der Waals surface area contributed by atoms with Crippen LogP contribution in [0.2, 0.25) is 0 Å². The summed E-state index contributed by atoms with van der Waals surface area (Å²) in [5.41, 5.74) is 3.10. The molecule has 10 heteroatoms. The molecule has 0 aliphatic carbocycles. The van der Waals surface area contributed by atoms with Gasteiger partial charge in [0.2, 0.25) is 15.6 Å². The molecule has 0 aliphatic heterocycles. The number of rotatable bonds is 4. The van der Waals surface area contributed by atoms with Gasteiger partial charge in [0.05, 0.1) is 16.3 Å². The maximum Gasteiger partial charge on any atom is 0.248 e. The van der Waals surface area contributed by atoms with Crippen LogP contribution in [-0.2, 0) is 10.0 Å². The van der Waals surface area contributed by atoms with E-state index in [0.717, 1.165) is 0 Å². The van der Waals surface area contributed by atoms with Crippen LogP contribution < -0.4 is 16.0 Å². The number of hydrogen-bond acceptors (Lipinski definition) is 6. The van der Waals surface area contributed by atoms with Crippen LogP contribution in [0.4, 0.5) is 11.4 Å². The number of anilines is 2. The molecule has 4 aromatic rings. The molecule has 0 saturated carbocycles. The molecule has 136 valence electrons. The molecule has 0 saturated heterocycles. The lowest BCUT2D eigenvalue weighted by Gasteiger charge is -2.11. The monoisotopic (exact) mass is 382 g/mol. The number of H-pyrrole nitrogens is 1. The third-order valence-electron chi connectivity index (χ3n) is 3.96. The Morgan fingerprint density at radius 2 is 1.85 bits per heavy atom. The first-order chi connectivity index (χ1) is 12.9. The van der Waals surface area contributed by atoms with Crippen molar-refractivity contribution in [1.82, 2.24) is 19.6 Å². The van der Waals surface area contributed by atoms with Gasteiger partial charge >= 0.3 is 0 Å². The van der Waals surface area contributed by atoms with Crippen LogP contribution in [0.1, 0.15) is 0 Å². The van der Waals surface area contributed by atoms with Crippen molar-refractivity contribution < 1.29 is 8.42 Å². The van der Waals surface area contributed by atoms with E-state index in [9.17, 15) is 13.2 Å². The van der Waals surface area contributed by atoms with Crippen molar-refractivity contribution in [3.8, 4) is 11.3 Å². The fourth-order valence-corrected chi connectivity index (χ4v) is 3.23. The van der Waals surface area contributed by atoms with E-state index in [1.807, 2.05) is 12.1 Å². The zero-order chi connectivity index (χ0) is 19.0. The van der Waals surface area contributed by atoms with Gasteiger partial charge in [0.15, 0.2) is 5.65 Å². The molecule has 0 aliphatic rings. The van der Waals surface area contributed by atoms with Crippen molar-refractivity contribution in [2.75, 3.05) is 5.32 Å². The van der Waals surface area contributed by atoms with Crippen LogP contribution in [0.15, 0.2) is 70.7 Å². The number of hydrogen-bond donors (Lipinski definition) is 3. The Morgan fingerprint density at radius 3 is 2.56 bits per heavy atom. The number of aromatic nitrogens is 4. The van der Waals surface area contributed by atoms with Gasteiger partial charge < -0.3 is 10.3 Å². The van der Waals surface area contributed by atoms with Crippen molar-refractivity contribution in [2.45, 2.75) is 4.90 Å². The molecule has 0 unspecified atom stereocenters. The summed E-state index contributed by atoms with van der Waals surface area (Å²) in [5, 5.41) is 12.5. The summed E-state index contributed by atoms with van der Waals surface area (Å²) in [6, 6.07) is 12.9. The second-order valence-corrected chi connectivity index (χ2v) is 7.33. The van der Waals surface area contributed by atoms with Crippen molar-refractivity contribution in [1.29, 1.82) is 0 Å². The molecule has 4 N–H and O–H groups in total. The SMILES string of the molecule is NS(=O)(=O)c1ccc(Nc2ccc(-c3cc[nH]c(=O)c3)n3ncnc23)cc1. The topological polar surface area (TPSA) is 135 Å². The largest absolute Gasteiger partial charge is 0.352 e. The first-order valence-electron chi connectivity index (χ1n) is 7.83. The maximum absolute atomic E-state index is 11.6. The highest BCUT2D eigenvalue weighted by Gasteiger charge is 2.11. The van der Waals surface area contributed by atoms with Gasteiger partial charge in [0.25, 0.3) is 0 Å². The molecule has 27 heavy (non-hydrogen) atoms. The molecule has 0 bridgehead atoms. The number of nitrogens with one attached hydrogen (secondary N) is 2. The number of fused-ring (bicyclic) bond motifs is 1. The van der Waals surface area contributed by atoms with Crippen molar-refractivity contribution >= 4 is 27.0 Å². The fraction of sp³-hybridized carbons (Fsp3) is 0. The first-order valence-corrected chi connectivity index (χ1v) is 9.38. The van der Waals surface area contributed by atoms with E-state index >= 15 is 0 Å². The quantitative estimate of drug-likeness (QED) is 0.489. The molecule has 3 aromatic heterocycles. The van der Waals surface area contributed by atoms with Crippen molar-refractivity contribution in [2.24, 2.45) is 5.14 Å². The molecule has 1 aromatic carbocycles. The zero-order valence-electron chi connectivity index (χ0n) is 13.8. The zero-order valence-corrected chi connectivity index (χ0v) is 14.6. The van der Waals surface area contributed by atoms with Crippen LogP contribution in [0, 0.1) is 0 Å². The van der Waals surface area contributed by atoms with Gasteiger partial charge in [0, 0.05) is 23.5 Å². The van der Waals surface area contributed by atoms with Crippen LogP contribution >= 0.6 is 0 Å². The van der Waals surface area contributed by atoms with E-state index in [4.69, 9.17) is 5.14 Å². The Labute approximate surface area is 153 Å². The highest BCUT2D eigenvalue weighted by atomic mass is 32.2. The van der Waals surface area contributed by atoms with Gasteiger partial charge in [-0.15, -0.1) is 0 Å². The molecule has 0 atom stereocenters. The lowest BCUT2D eigenvalue weighted by Crippen LogP contribution is -2.11. The van der Waals surface area contributed by atoms with Gasteiger partial charge in [-0.25, -0.2) is 23.1 Å². The Morgan fingerprint density at radius 1 is 1.07 bits per heavy atom. The summed E-state index contributed by atoms with van der Waals surface area (Å²) in [6.45, 7) is 0. The predicted octanol–water partition coefficient (Wildman–Crippen LogP) is 1.48. The highest BCUT2D eigenvalue weighted by molar-refractivity contribution is 7.89. The Hall–Kier alpha value is -3.50. The van der Waals surface area contributed by atoms with E-state index in [1.165, 1.54) is 24.5 Å². The second kappa shape index (κ2) is 6.34. The summed E-state index contributed by atoms with van der Waals surface area (Å²) >= 11 is 0. The molecule has 0 radical (unpaired) electrons. The first kappa shape index (κ1) is 16.9. The predicted molar refractivity (Wildman–Crippen MR) is 100 cm³/mol. The lowest BCUT2D eigenvalue weighted by molar-refractivity contribution is 0.598. The Bertz CT molecular complexity index is 1290. The molecule has 0 amide bonds. The molecular weight excluding hydrogens is 368 g/mol. The summed E-state index contributed by atoms with van der Waals surface area (Å²) in [6.07, 6.45) is 2.99. The van der Waals surface area contributed by atoms with Crippen molar-refractivity contribution in [3.63, 3.8) is 0 Å². The number of primary sulfonamides is 1. The third kappa shape index (κ3) is 3.30. The number of benzene rings is 1. The molecule has 4 rings (SSSR count). The van der Waals surface area contributed by atoms with E-state index in [2.05, 4.69) is 20.4 Å². The Kier molecular flexibility index (Phi) is 3.98. The summed E-state index contributed by atoms with van der Waals surface area (Å²) in [7, 11) is -3.74. The minimum absolute atomic E-state index is 0.0327. The molecule has 0 spiro atoms. The van der Waals surface area contributed by atoms with E-state index < -0.39 is 10.0 Å². The number of pyridine rings is 2. The number of sulfonamides is 1. The van der Waals surface area contributed by atoms with Gasteiger partial charge in [-0.05, 0) is 42.5 Å². The van der Waals surface area contributed by atoms with E-state index in [1.54, 1.807) is 28.9 Å². The second-order valence-electron chi connectivity index (χ2n) is 5.76. The summed E-state index contributed by atoms with van der Waals surface area (Å²) in [4.78, 5) is 18.5. The molecular formula is C17H14N6O3S. The smallest absolute Gasteiger partial charge is 0.248 e.